The molecule has 0 saturated carbocycles. The first-order valence-corrected chi connectivity index (χ1v) is 5.24. The van der Waals surface area contributed by atoms with Gasteiger partial charge in [0.05, 0.1) is 18.9 Å². The Labute approximate surface area is 108 Å². The molecular formula is C10H18O9. The first-order valence-electron chi connectivity index (χ1n) is 5.24. The van der Waals surface area contributed by atoms with E-state index in [-0.39, 0.29) is 19.1 Å². The Kier molecular flexibility index (Phi) is 10.8. The first-order chi connectivity index (χ1) is 8.63. The summed E-state index contributed by atoms with van der Waals surface area (Å²) in [6.07, 6.45) is -6.47. The fourth-order valence-corrected chi connectivity index (χ4v) is 0.782. The fourth-order valence-electron chi connectivity index (χ4n) is 0.782. The number of carbonyl (C=O) groups excluding carboxylic acids is 1. The molecule has 0 aliphatic carbocycles. The third kappa shape index (κ3) is 11.3. The molecule has 0 aliphatic rings. The zero-order valence-corrected chi connectivity index (χ0v) is 10.2. The molecule has 0 aromatic rings. The maximum absolute atomic E-state index is 9.87. The third-order valence-electron chi connectivity index (χ3n) is 1.89. The summed E-state index contributed by atoms with van der Waals surface area (Å²) in [6.45, 7) is 1.24. The van der Waals surface area contributed by atoms with E-state index in [4.69, 9.17) is 30.6 Å². The minimum Gasteiger partial charge on any atom is -0.481 e. The smallest absolute Gasteiger partial charge is 0.303 e. The van der Waals surface area contributed by atoms with E-state index in [1.807, 2.05) is 0 Å². The number of rotatable bonds is 7. The third-order valence-corrected chi connectivity index (χ3v) is 1.89. The molecule has 0 radical (unpaired) electrons. The average molecular weight is 282 g/mol. The molecule has 0 heterocycles. The highest BCUT2D eigenvalue weighted by molar-refractivity contribution is 5.75. The van der Waals surface area contributed by atoms with Crippen molar-refractivity contribution in [2.24, 2.45) is 0 Å². The molecule has 9 nitrogen and oxygen atoms in total. The van der Waals surface area contributed by atoms with Gasteiger partial charge in [-0.05, 0) is 6.92 Å². The van der Waals surface area contributed by atoms with E-state index in [1.54, 1.807) is 0 Å². The highest BCUT2D eigenvalue weighted by Crippen LogP contribution is 2.02. The van der Waals surface area contributed by atoms with Crippen molar-refractivity contribution in [2.45, 2.75) is 44.2 Å². The van der Waals surface area contributed by atoms with Crippen LogP contribution in [0.2, 0.25) is 0 Å². The van der Waals surface area contributed by atoms with E-state index in [0.717, 1.165) is 0 Å². The maximum Gasteiger partial charge on any atom is 0.303 e. The lowest BCUT2D eigenvalue weighted by atomic mass is 10.1. The number of carboxylic acid groups (broad SMARTS) is 2. The van der Waals surface area contributed by atoms with Crippen LogP contribution in [0, 0.1) is 0 Å². The molecule has 0 rings (SSSR count). The number of aliphatic carboxylic acids is 2. The van der Waals surface area contributed by atoms with Crippen molar-refractivity contribution < 1.29 is 45.0 Å². The average Bonchev–Trinajstić information content (AvgIpc) is 2.34. The molecule has 0 aliphatic heterocycles. The van der Waals surface area contributed by atoms with Crippen LogP contribution in [-0.4, -0.2) is 73.3 Å². The van der Waals surface area contributed by atoms with Crippen LogP contribution in [0.3, 0.4) is 0 Å². The normalized spacial score (nSPS) is 16.3. The van der Waals surface area contributed by atoms with E-state index < -0.39 is 36.4 Å². The number of aliphatic hydroxyl groups excluding tert-OH is 4. The Bertz CT molecular complexity index is 275. The van der Waals surface area contributed by atoms with Gasteiger partial charge in [-0.3, -0.25) is 9.59 Å². The molecule has 19 heavy (non-hydrogen) atoms. The molecule has 0 amide bonds. The second kappa shape index (κ2) is 10.4. The van der Waals surface area contributed by atoms with Crippen LogP contribution in [-0.2, 0) is 14.4 Å². The van der Waals surface area contributed by atoms with Gasteiger partial charge in [0, 0.05) is 0 Å². The SMILES string of the molecule is CC(O)C(O)C(O)C(O)C=O.O=C(O)CCC(=O)O. The minimum absolute atomic E-state index is 0.0935. The topological polar surface area (TPSA) is 173 Å². The summed E-state index contributed by atoms with van der Waals surface area (Å²) in [4.78, 5) is 29.2. The maximum atomic E-state index is 9.87. The molecule has 0 fully saturated rings. The predicted molar refractivity (Wildman–Crippen MR) is 60.3 cm³/mol. The number of aliphatic hydroxyl groups is 4. The van der Waals surface area contributed by atoms with Gasteiger partial charge in [-0.2, -0.15) is 0 Å². The summed E-state index contributed by atoms with van der Waals surface area (Å²) in [5.74, 6) is -2.15. The van der Waals surface area contributed by atoms with Crippen molar-refractivity contribution >= 4 is 18.2 Å². The van der Waals surface area contributed by atoms with Gasteiger partial charge in [0.2, 0.25) is 0 Å². The molecule has 112 valence electrons. The molecular weight excluding hydrogens is 264 g/mol. The van der Waals surface area contributed by atoms with Crippen LogP contribution in [0.1, 0.15) is 19.8 Å². The van der Waals surface area contributed by atoms with Crippen molar-refractivity contribution in [1.29, 1.82) is 0 Å². The molecule has 4 unspecified atom stereocenters. The highest BCUT2D eigenvalue weighted by Gasteiger charge is 2.27. The zero-order chi connectivity index (χ0) is 15.6. The van der Waals surface area contributed by atoms with Crippen molar-refractivity contribution in [3.05, 3.63) is 0 Å². The lowest BCUT2D eigenvalue weighted by molar-refractivity contribution is -0.143. The zero-order valence-electron chi connectivity index (χ0n) is 10.2. The molecule has 0 spiro atoms. The van der Waals surface area contributed by atoms with E-state index in [1.165, 1.54) is 6.92 Å². The molecule has 0 aromatic heterocycles. The number of carboxylic acids is 2. The minimum atomic E-state index is -1.65. The number of hydrogen-bond acceptors (Lipinski definition) is 7. The Morgan fingerprint density at radius 3 is 1.53 bits per heavy atom. The van der Waals surface area contributed by atoms with Gasteiger partial charge in [0.1, 0.15) is 18.3 Å². The van der Waals surface area contributed by atoms with E-state index in [0.29, 0.717) is 0 Å². The van der Waals surface area contributed by atoms with Gasteiger partial charge in [-0.15, -0.1) is 0 Å². The molecule has 6 N–H and O–H groups in total. The van der Waals surface area contributed by atoms with Gasteiger partial charge in [0.15, 0.2) is 6.29 Å². The quantitative estimate of drug-likeness (QED) is 0.278. The van der Waals surface area contributed by atoms with Gasteiger partial charge >= 0.3 is 11.9 Å². The number of aldehydes is 1. The van der Waals surface area contributed by atoms with Crippen LogP contribution in [0.25, 0.3) is 0 Å². The van der Waals surface area contributed by atoms with Crippen LogP contribution in [0.5, 0.6) is 0 Å². The fraction of sp³-hybridized carbons (Fsp3) is 0.700. The molecule has 0 saturated heterocycles. The molecule has 4 atom stereocenters. The van der Waals surface area contributed by atoms with Gasteiger partial charge < -0.3 is 35.4 Å². The lowest BCUT2D eigenvalue weighted by Gasteiger charge is -2.21. The largest absolute Gasteiger partial charge is 0.481 e. The number of carbonyl (C=O) groups is 3. The van der Waals surface area contributed by atoms with Crippen molar-refractivity contribution in [2.75, 3.05) is 0 Å². The van der Waals surface area contributed by atoms with Crippen molar-refractivity contribution in [3.8, 4) is 0 Å². The molecule has 0 aromatic carbocycles. The van der Waals surface area contributed by atoms with Gasteiger partial charge in [0.25, 0.3) is 0 Å². The van der Waals surface area contributed by atoms with Crippen LogP contribution in [0.15, 0.2) is 0 Å². The summed E-state index contributed by atoms with van der Waals surface area (Å²) in [7, 11) is 0. The standard InChI is InChI=1S/C6H12O5.C4H6O4/c1-3(8)5(10)6(11)4(9)2-7;5-3(6)1-2-4(7)8/h2-6,8-11H,1H3;1-2H2,(H,5,6)(H,7,8). The van der Waals surface area contributed by atoms with Gasteiger partial charge in [-0.25, -0.2) is 0 Å². The Balaban J connectivity index is 0. The second-order valence-corrected chi connectivity index (χ2v) is 3.64. The Morgan fingerprint density at radius 1 is 0.947 bits per heavy atom. The monoisotopic (exact) mass is 282 g/mol. The van der Waals surface area contributed by atoms with E-state index in [9.17, 15) is 14.4 Å². The van der Waals surface area contributed by atoms with Crippen LogP contribution in [0.4, 0.5) is 0 Å². The van der Waals surface area contributed by atoms with E-state index >= 15 is 0 Å². The lowest BCUT2D eigenvalue weighted by Crippen LogP contribution is -2.43. The Hall–Kier alpha value is -1.55. The summed E-state index contributed by atoms with van der Waals surface area (Å²) >= 11 is 0. The Morgan fingerprint density at radius 2 is 1.32 bits per heavy atom. The summed E-state index contributed by atoms with van der Waals surface area (Å²) < 4.78 is 0. The summed E-state index contributed by atoms with van der Waals surface area (Å²) in [5.41, 5.74) is 0. The van der Waals surface area contributed by atoms with Crippen molar-refractivity contribution in [1.82, 2.24) is 0 Å². The first kappa shape index (κ1) is 19.8. The summed E-state index contributed by atoms with van der Waals surface area (Å²) in [5, 5.41) is 50.9. The van der Waals surface area contributed by atoms with Crippen molar-refractivity contribution in [3.63, 3.8) is 0 Å². The summed E-state index contributed by atoms with van der Waals surface area (Å²) in [6, 6.07) is 0. The molecule has 9 heteroatoms. The predicted octanol–water partition coefficient (Wildman–Crippen LogP) is -2.42. The highest BCUT2D eigenvalue weighted by atomic mass is 16.4. The number of hydrogen-bond donors (Lipinski definition) is 6. The van der Waals surface area contributed by atoms with E-state index in [2.05, 4.69) is 0 Å². The van der Waals surface area contributed by atoms with Gasteiger partial charge in [-0.1, -0.05) is 0 Å². The second-order valence-electron chi connectivity index (χ2n) is 3.64. The van der Waals surface area contributed by atoms with Crippen LogP contribution < -0.4 is 0 Å². The molecule has 0 bridgehead atoms. The van der Waals surface area contributed by atoms with Crippen LogP contribution >= 0.6 is 0 Å².